The van der Waals surface area contributed by atoms with E-state index in [9.17, 15) is 4.89 Å². The van der Waals surface area contributed by atoms with Crippen LogP contribution in [0, 0.1) is 12.3 Å². The molecule has 1 unspecified atom stereocenters. The Bertz CT molecular complexity index is 214. The second-order valence-corrected chi connectivity index (χ2v) is 5.39. The third kappa shape index (κ3) is 1.38. The molecule has 1 aliphatic heterocycles. The van der Waals surface area contributed by atoms with Crippen molar-refractivity contribution in [3.05, 3.63) is 11.9 Å². The second-order valence-electron chi connectivity index (χ2n) is 2.74. The van der Waals surface area contributed by atoms with E-state index in [0.29, 0.717) is 0 Å². The summed E-state index contributed by atoms with van der Waals surface area (Å²) in [6.07, 6.45) is 6.91. The van der Waals surface area contributed by atoms with E-state index in [1.807, 2.05) is 0 Å². The van der Waals surface area contributed by atoms with Gasteiger partial charge in [-0.1, -0.05) is 0 Å². The van der Waals surface area contributed by atoms with Gasteiger partial charge in [0.2, 0.25) is 0 Å². The standard InChI is InChI=1S/C7H11O2P/c1-4-7(2)5-6-10(3,8)9-7/h1,5-6,8,10H,2-3H3. The summed E-state index contributed by atoms with van der Waals surface area (Å²) in [6, 6.07) is 0. The zero-order valence-corrected chi connectivity index (χ0v) is 7.09. The monoisotopic (exact) mass is 158 g/mol. The molecular weight excluding hydrogens is 147 g/mol. The molecule has 2 nitrogen and oxygen atoms in total. The first-order chi connectivity index (χ1) is 4.47. The molecule has 1 aliphatic rings. The Balaban J connectivity index is 2.81. The fourth-order valence-corrected chi connectivity index (χ4v) is 2.57. The Labute approximate surface area is 61.4 Å². The first-order valence-electron chi connectivity index (χ1n) is 3.08. The van der Waals surface area contributed by atoms with Gasteiger partial charge >= 0.3 is 60.6 Å². The quantitative estimate of drug-likeness (QED) is 0.423. The van der Waals surface area contributed by atoms with Crippen molar-refractivity contribution >= 4 is 7.72 Å². The molecule has 0 spiro atoms. The summed E-state index contributed by atoms with van der Waals surface area (Å²) >= 11 is 0. The molecule has 0 amide bonds. The van der Waals surface area contributed by atoms with Gasteiger partial charge in [0.25, 0.3) is 0 Å². The minimum atomic E-state index is -2.52. The van der Waals surface area contributed by atoms with Crippen molar-refractivity contribution in [2.24, 2.45) is 0 Å². The Kier molecular flexibility index (Phi) is 1.60. The van der Waals surface area contributed by atoms with Crippen molar-refractivity contribution in [2.45, 2.75) is 12.5 Å². The zero-order valence-electron chi connectivity index (χ0n) is 6.09. The molecule has 0 radical (unpaired) electrons. The van der Waals surface area contributed by atoms with Crippen molar-refractivity contribution in [3.8, 4) is 12.3 Å². The Morgan fingerprint density at radius 1 is 1.80 bits per heavy atom. The van der Waals surface area contributed by atoms with E-state index in [2.05, 4.69) is 5.92 Å². The summed E-state index contributed by atoms with van der Waals surface area (Å²) in [5, 5.41) is 0. The van der Waals surface area contributed by atoms with Crippen LogP contribution in [0.15, 0.2) is 11.9 Å². The van der Waals surface area contributed by atoms with Crippen LogP contribution in [0.5, 0.6) is 0 Å². The van der Waals surface area contributed by atoms with Gasteiger partial charge in [-0.2, -0.15) is 0 Å². The van der Waals surface area contributed by atoms with Gasteiger partial charge in [0, 0.05) is 0 Å². The van der Waals surface area contributed by atoms with Gasteiger partial charge in [-0.3, -0.25) is 0 Å². The summed E-state index contributed by atoms with van der Waals surface area (Å²) in [7, 11) is -2.52. The molecule has 1 N–H and O–H groups in total. The predicted octanol–water partition coefficient (Wildman–Crippen LogP) is 1.12. The molecule has 56 valence electrons. The van der Waals surface area contributed by atoms with Gasteiger partial charge in [0.05, 0.1) is 0 Å². The molecule has 10 heavy (non-hydrogen) atoms. The van der Waals surface area contributed by atoms with Crippen LogP contribution in [-0.2, 0) is 4.52 Å². The normalized spacial score (nSPS) is 39.0. The molecule has 0 aromatic carbocycles. The first-order valence-corrected chi connectivity index (χ1v) is 5.51. The van der Waals surface area contributed by atoms with Crippen molar-refractivity contribution < 1.29 is 9.42 Å². The van der Waals surface area contributed by atoms with Gasteiger partial charge in [-0.15, -0.1) is 0 Å². The van der Waals surface area contributed by atoms with Crippen molar-refractivity contribution in [3.63, 3.8) is 0 Å². The van der Waals surface area contributed by atoms with Gasteiger partial charge in [-0.05, 0) is 0 Å². The van der Waals surface area contributed by atoms with E-state index in [4.69, 9.17) is 10.9 Å². The molecule has 1 atom stereocenters. The van der Waals surface area contributed by atoms with Gasteiger partial charge in [0.1, 0.15) is 0 Å². The average Bonchev–Trinajstić information content (AvgIpc) is 2.08. The molecule has 0 aromatic rings. The first kappa shape index (κ1) is 7.75. The average molecular weight is 158 g/mol. The molecule has 0 fully saturated rings. The van der Waals surface area contributed by atoms with Crippen LogP contribution >= 0.6 is 7.72 Å². The second kappa shape index (κ2) is 2.07. The topological polar surface area (TPSA) is 29.5 Å². The molecule has 0 aliphatic carbocycles. The maximum atomic E-state index is 9.40. The van der Waals surface area contributed by atoms with Crippen LogP contribution in [0.4, 0.5) is 0 Å². The number of hydrogen-bond donors (Lipinski definition) is 1. The molecule has 3 heteroatoms. The SMILES string of the molecule is C#CC1(C)C=C[PH](C)(O)O1. The molecule has 1 heterocycles. The zero-order chi connectivity index (χ0) is 7.83. The summed E-state index contributed by atoms with van der Waals surface area (Å²) < 4.78 is 5.23. The summed E-state index contributed by atoms with van der Waals surface area (Å²) in [4.78, 5) is 9.40. The van der Waals surface area contributed by atoms with E-state index >= 15 is 0 Å². The Morgan fingerprint density at radius 2 is 2.40 bits per heavy atom. The van der Waals surface area contributed by atoms with Crippen molar-refractivity contribution in [1.82, 2.24) is 0 Å². The fraction of sp³-hybridized carbons (Fsp3) is 0.429. The molecule has 0 saturated heterocycles. The minimum absolute atomic E-state index is 0.671. The number of hydrogen-bond acceptors (Lipinski definition) is 2. The van der Waals surface area contributed by atoms with Crippen molar-refractivity contribution in [1.29, 1.82) is 0 Å². The molecule has 0 aromatic heterocycles. The number of rotatable bonds is 0. The molecule has 0 bridgehead atoms. The molecular formula is C7H11O2P. The van der Waals surface area contributed by atoms with Crippen LogP contribution in [0.1, 0.15) is 6.92 Å². The van der Waals surface area contributed by atoms with E-state index in [0.717, 1.165) is 0 Å². The van der Waals surface area contributed by atoms with E-state index in [1.54, 1.807) is 25.5 Å². The molecule has 1 rings (SSSR count). The van der Waals surface area contributed by atoms with E-state index in [1.165, 1.54) is 0 Å². The van der Waals surface area contributed by atoms with Gasteiger partial charge in [-0.25, -0.2) is 0 Å². The Morgan fingerprint density at radius 3 is 2.60 bits per heavy atom. The Hall–Kier alpha value is -0.350. The van der Waals surface area contributed by atoms with Crippen LogP contribution in [-0.4, -0.2) is 17.2 Å². The summed E-state index contributed by atoms with van der Waals surface area (Å²) in [5.74, 6) is 4.15. The van der Waals surface area contributed by atoms with E-state index in [-0.39, 0.29) is 0 Å². The summed E-state index contributed by atoms with van der Waals surface area (Å²) in [5.41, 5.74) is -0.671. The van der Waals surface area contributed by atoms with Crippen LogP contribution < -0.4 is 0 Å². The van der Waals surface area contributed by atoms with E-state index < -0.39 is 13.3 Å². The van der Waals surface area contributed by atoms with Crippen LogP contribution in [0.3, 0.4) is 0 Å². The van der Waals surface area contributed by atoms with Crippen molar-refractivity contribution in [2.75, 3.05) is 6.66 Å². The molecule has 0 saturated carbocycles. The third-order valence-electron chi connectivity index (χ3n) is 1.42. The van der Waals surface area contributed by atoms with Crippen LogP contribution in [0.2, 0.25) is 0 Å². The fourth-order valence-electron chi connectivity index (χ4n) is 0.889. The maximum absolute atomic E-state index is 9.40. The summed E-state index contributed by atoms with van der Waals surface area (Å²) in [6.45, 7) is 3.45. The predicted molar refractivity (Wildman–Crippen MR) is 43.9 cm³/mol. The van der Waals surface area contributed by atoms with Gasteiger partial charge in [0.15, 0.2) is 0 Å². The third-order valence-corrected chi connectivity index (χ3v) is 3.04. The van der Waals surface area contributed by atoms with Gasteiger partial charge < -0.3 is 0 Å². The van der Waals surface area contributed by atoms with Crippen LogP contribution in [0.25, 0.3) is 0 Å². The number of terminal acetylenes is 1.